The third-order valence-corrected chi connectivity index (χ3v) is 3.95. The van der Waals surface area contributed by atoms with E-state index in [4.69, 9.17) is 10.2 Å². The Hall–Kier alpha value is -1.47. The van der Waals surface area contributed by atoms with Gasteiger partial charge in [0.05, 0.1) is 13.7 Å². The average molecular weight is 469 g/mol. The molecule has 10 nitrogen and oxygen atoms in total. The van der Waals surface area contributed by atoms with Gasteiger partial charge in [0.25, 0.3) is 5.82 Å². The first-order valence-electron chi connectivity index (χ1n) is 6.63. The molecule has 1 rings (SSSR count). The molecule has 0 aliphatic carbocycles. The van der Waals surface area contributed by atoms with Crippen molar-refractivity contribution in [1.29, 1.82) is 0 Å². The second-order valence-corrected chi connectivity index (χ2v) is 8.03. The molecule has 1 atom stereocenters. The molecule has 18 heteroatoms. The van der Waals surface area contributed by atoms with Gasteiger partial charge in [0, 0.05) is 6.92 Å². The van der Waals surface area contributed by atoms with Crippen LogP contribution in [-0.4, -0.2) is 55.3 Å². The van der Waals surface area contributed by atoms with Gasteiger partial charge < -0.3 is 10.2 Å². The zero-order valence-electron chi connectivity index (χ0n) is 14.3. The van der Waals surface area contributed by atoms with E-state index in [2.05, 4.69) is 10.3 Å². The van der Waals surface area contributed by atoms with Crippen LogP contribution in [0.2, 0.25) is 0 Å². The summed E-state index contributed by atoms with van der Waals surface area (Å²) in [6.07, 6.45) is 3.13. The number of rotatable bonds is 3. The molecule has 28 heavy (non-hydrogen) atoms. The fraction of sp³-hybridized carbons (Fsp3) is 0.700. The maximum Gasteiger partial charge on any atom is 0.511 e. The minimum Gasteiger partial charge on any atom is -0.394 e. The van der Waals surface area contributed by atoms with Gasteiger partial charge in [-0.05, 0) is 0 Å². The number of hydrogen-bond acceptors (Lipinski definition) is 6. The molecule has 1 heterocycles. The van der Waals surface area contributed by atoms with E-state index in [0.29, 0.717) is 6.54 Å². The lowest BCUT2D eigenvalue weighted by Crippen LogP contribution is -2.31. The Morgan fingerprint density at radius 3 is 1.57 bits per heavy atom. The number of aliphatic hydroxyl groups excluding tert-OH is 2. The summed E-state index contributed by atoms with van der Waals surface area (Å²) < 4.78 is 106. The number of aromatic nitrogens is 2. The van der Waals surface area contributed by atoms with E-state index < -0.39 is 37.2 Å². The maximum atomic E-state index is 10.8. The number of primary sulfonamides is 2. The summed E-state index contributed by atoms with van der Waals surface area (Å²) >= 11 is 0. The summed E-state index contributed by atoms with van der Waals surface area (Å²) in [5, 5.41) is 25.1. The summed E-state index contributed by atoms with van der Waals surface area (Å²) in [4.78, 5) is 0. The number of aryl methyl sites for hydroxylation is 1. The van der Waals surface area contributed by atoms with E-state index in [1.807, 2.05) is 35.5 Å². The predicted octanol–water partition coefficient (Wildman–Crippen LogP) is -1.44. The van der Waals surface area contributed by atoms with Gasteiger partial charge in [-0.2, -0.15) is 26.3 Å². The molecular formula is C10H19F6N4O6S2+. The molecule has 0 bridgehead atoms. The summed E-state index contributed by atoms with van der Waals surface area (Å²) in [5.41, 5.74) is -10.6. The van der Waals surface area contributed by atoms with Gasteiger partial charge in [0.2, 0.25) is 0 Å². The molecule has 0 aliphatic heterocycles. The van der Waals surface area contributed by atoms with Crippen molar-refractivity contribution in [2.24, 2.45) is 17.3 Å². The molecule has 6 N–H and O–H groups in total. The van der Waals surface area contributed by atoms with Crippen molar-refractivity contribution < 1.29 is 58.0 Å². The van der Waals surface area contributed by atoms with E-state index in [-0.39, 0.29) is 6.61 Å². The lowest BCUT2D eigenvalue weighted by Gasteiger charge is -2.03. The number of sulfonamides is 2. The number of alkyl halides is 6. The lowest BCUT2D eigenvalue weighted by atomic mass is 10.4. The molecule has 1 unspecified atom stereocenters. The molecule has 0 saturated carbocycles. The zero-order chi connectivity index (χ0) is 23.1. The first kappa shape index (κ1) is 28.7. The Morgan fingerprint density at radius 2 is 1.39 bits per heavy atom. The predicted molar refractivity (Wildman–Crippen MR) is 81.8 cm³/mol. The number of hydrogen-bond donors (Lipinski definition) is 4. The Balaban J connectivity index is 0. The van der Waals surface area contributed by atoms with Crippen LogP contribution < -0.4 is 14.8 Å². The highest BCUT2D eigenvalue weighted by atomic mass is 32.2. The van der Waals surface area contributed by atoms with Crippen molar-refractivity contribution in [1.82, 2.24) is 4.57 Å². The summed E-state index contributed by atoms with van der Waals surface area (Å²) in [6, 6.07) is 0. The fourth-order valence-electron chi connectivity index (χ4n) is 1.08. The van der Waals surface area contributed by atoms with E-state index in [1.54, 1.807) is 0 Å². The minimum absolute atomic E-state index is 0.193. The normalized spacial score (nSPS) is 13.7. The number of imidazole rings is 1. The second kappa shape index (κ2) is 10.3. The third-order valence-electron chi connectivity index (χ3n) is 2.66. The van der Waals surface area contributed by atoms with E-state index in [9.17, 15) is 43.2 Å². The van der Waals surface area contributed by atoms with Gasteiger partial charge in [0.1, 0.15) is 25.0 Å². The number of nitrogens with two attached hydrogens (primary N) is 2. The molecular weight excluding hydrogens is 450 g/mol. The third kappa shape index (κ3) is 10.8. The first-order valence-corrected chi connectivity index (χ1v) is 9.72. The fourth-order valence-corrected chi connectivity index (χ4v) is 1.08. The number of aliphatic hydroxyl groups is 2. The van der Waals surface area contributed by atoms with Gasteiger partial charge in [-0.25, -0.2) is 36.2 Å². The number of halogens is 6. The number of nitrogens with zero attached hydrogens (tertiary/aromatic N) is 2. The Kier molecular flexibility index (Phi) is 10.6. The molecule has 0 saturated heterocycles. The Bertz CT molecular complexity index is 776. The van der Waals surface area contributed by atoms with E-state index in [1.165, 1.54) is 0 Å². The van der Waals surface area contributed by atoms with Crippen molar-refractivity contribution in [3.8, 4) is 0 Å². The van der Waals surface area contributed by atoms with Crippen molar-refractivity contribution >= 4 is 20.0 Å². The van der Waals surface area contributed by atoms with E-state index >= 15 is 0 Å². The highest BCUT2D eigenvalue weighted by Gasteiger charge is 2.43. The smallest absolute Gasteiger partial charge is 0.394 e. The van der Waals surface area contributed by atoms with Crippen LogP contribution in [0.15, 0.2) is 12.4 Å². The van der Waals surface area contributed by atoms with Gasteiger partial charge in [-0.15, -0.1) is 0 Å². The van der Waals surface area contributed by atoms with Crippen LogP contribution in [0.4, 0.5) is 26.3 Å². The second-order valence-electron chi connectivity index (χ2n) is 4.93. The van der Waals surface area contributed by atoms with Crippen LogP contribution in [0, 0.1) is 6.92 Å². The minimum atomic E-state index is -5.34. The molecule has 0 aromatic carbocycles. The van der Waals surface area contributed by atoms with Crippen LogP contribution in [0.25, 0.3) is 0 Å². The monoisotopic (exact) mass is 469 g/mol. The highest BCUT2D eigenvalue weighted by molar-refractivity contribution is 7.90. The molecule has 1 aromatic rings. The Morgan fingerprint density at radius 1 is 1.07 bits per heavy atom. The van der Waals surface area contributed by atoms with Crippen LogP contribution >= 0.6 is 0 Å². The first-order chi connectivity index (χ1) is 12.1. The highest BCUT2D eigenvalue weighted by Crippen LogP contribution is 2.19. The molecule has 1 aromatic heterocycles. The summed E-state index contributed by atoms with van der Waals surface area (Å²) in [6.45, 7) is 2.22. The van der Waals surface area contributed by atoms with Crippen molar-refractivity contribution in [3.05, 3.63) is 18.2 Å². The maximum absolute atomic E-state index is 10.8. The van der Waals surface area contributed by atoms with Crippen molar-refractivity contribution in [2.75, 3.05) is 6.61 Å². The van der Waals surface area contributed by atoms with E-state index in [0.717, 1.165) is 5.82 Å². The van der Waals surface area contributed by atoms with Crippen LogP contribution in [0.3, 0.4) is 0 Å². The largest absolute Gasteiger partial charge is 0.511 e. The zero-order valence-corrected chi connectivity index (χ0v) is 15.9. The molecule has 0 aliphatic rings. The molecule has 0 fully saturated rings. The molecule has 168 valence electrons. The van der Waals surface area contributed by atoms with Crippen LogP contribution in [-0.2, 0) is 33.6 Å². The quantitative estimate of drug-likeness (QED) is 0.312. The standard InChI is InChI=1S/C8H15N2O2.2CH2F3NO2S/c1-7-9(2)3-4-10(7)5-8(12)6-11;2*2-1(3,4)8(5,6)7/h3-4,8,11-12H,5-6H2,1-2H3;2*(H2,5,6,7)/q+1;;. The Labute approximate surface area is 156 Å². The molecule has 0 radical (unpaired) electrons. The van der Waals surface area contributed by atoms with Crippen LogP contribution in [0.5, 0.6) is 0 Å². The van der Waals surface area contributed by atoms with Gasteiger partial charge in [-0.3, -0.25) is 0 Å². The summed E-state index contributed by atoms with van der Waals surface area (Å²) in [7, 11) is -8.74. The van der Waals surface area contributed by atoms with Gasteiger partial charge in [0.15, 0.2) is 0 Å². The molecule has 0 amide bonds. The topological polar surface area (TPSA) is 170 Å². The van der Waals surface area contributed by atoms with Crippen LogP contribution in [0.1, 0.15) is 5.82 Å². The lowest BCUT2D eigenvalue weighted by molar-refractivity contribution is -0.677. The van der Waals surface area contributed by atoms with Gasteiger partial charge >= 0.3 is 31.1 Å². The van der Waals surface area contributed by atoms with Crippen molar-refractivity contribution in [2.45, 2.75) is 30.6 Å². The van der Waals surface area contributed by atoms with Crippen molar-refractivity contribution in [3.63, 3.8) is 0 Å². The molecule has 0 spiro atoms. The van der Waals surface area contributed by atoms with Gasteiger partial charge in [-0.1, -0.05) is 0 Å². The average Bonchev–Trinajstić information content (AvgIpc) is 2.76. The summed E-state index contributed by atoms with van der Waals surface area (Å²) in [5.74, 6) is 1.06. The SMILES string of the molecule is Cc1n(CC(O)CO)cc[n+]1C.NS(=O)(=O)C(F)(F)F.NS(=O)(=O)C(F)(F)F.